The summed E-state index contributed by atoms with van der Waals surface area (Å²) < 4.78 is 0.956. The summed E-state index contributed by atoms with van der Waals surface area (Å²) in [5.41, 5.74) is 0.809. The van der Waals surface area contributed by atoms with Crippen molar-refractivity contribution in [3.8, 4) is 11.4 Å². The Morgan fingerprint density at radius 1 is 1.26 bits per heavy atom. The van der Waals surface area contributed by atoms with Crippen molar-refractivity contribution < 1.29 is 9.59 Å². The van der Waals surface area contributed by atoms with Crippen LogP contribution >= 0.6 is 15.9 Å². The molecule has 0 saturated heterocycles. The van der Waals surface area contributed by atoms with Crippen molar-refractivity contribution in [1.29, 1.82) is 0 Å². The molecule has 0 unspecified atom stereocenters. The number of hydrogen-bond acceptors (Lipinski definition) is 5. The Hall–Kier alpha value is -2.09. The number of amides is 1. The van der Waals surface area contributed by atoms with Crippen molar-refractivity contribution >= 4 is 27.6 Å². The number of nitrogens with one attached hydrogen (secondary N) is 1. The molecule has 2 rings (SSSR count). The molecule has 23 heavy (non-hydrogen) atoms. The highest BCUT2D eigenvalue weighted by atomic mass is 79.9. The molecule has 1 amide bonds. The zero-order chi connectivity index (χ0) is 17.0. The van der Waals surface area contributed by atoms with Gasteiger partial charge in [0.1, 0.15) is 6.54 Å². The molecule has 7 nitrogen and oxygen atoms in total. The lowest BCUT2D eigenvalue weighted by Crippen LogP contribution is -2.44. The monoisotopic (exact) mass is 379 g/mol. The molecular weight excluding hydrogens is 362 g/mol. The van der Waals surface area contributed by atoms with E-state index in [4.69, 9.17) is 0 Å². The van der Waals surface area contributed by atoms with Gasteiger partial charge in [-0.1, -0.05) is 29.8 Å². The number of nitrogens with zero attached hydrogens (tertiary/aromatic N) is 4. The minimum Gasteiger partial charge on any atom is -0.344 e. The lowest BCUT2D eigenvalue weighted by atomic mass is 10.0. The highest BCUT2D eigenvalue weighted by Gasteiger charge is 2.21. The third kappa shape index (κ3) is 4.69. The van der Waals surface area contributed by atoms with Crippen LogP contribution in [0.5, 0.6) is 0 Å². The Morgan fingerprint density at radius 2 is 1.91 bits per heavy atom. The molecule has 0 aliphatic carbocycles. The molecule has 1 aromatic carbocycles. The van der Waals surface area contributed by atoms with Crippen LogP contribution in [-0.4, -0.2) is 37.9 Å². The second-order valence-electron chi connectivity index (χ2n) is 5.55. The molecule has 1 heterocycles. The fourth-order valence-electron chi connectivity index (χ4n) is 2.11. The Labute approximate surface area is 142 Å². The van der Waals surface area contributed by atoms with Gasteiger partial charge in [-0.3, -0.25) is 9.59 Å². The normalized spacial score (nSPS) is 12.2. The van der Waals surface area contributed by atoms with Crippen LogP contribution in [0.2, 0.25) is 0 Å². The smallest absolute Gasteiger partial charge is 0.244 e. The number of benzene rings is 1. The van der Waals surface area contributed by atoms with Crippen LogP contribution in [0.1, 0.15) is 20.8 Å². The van der Waals surface area contributed by atoms with Crippen molar-refractivity contribution in [3.63, 3.8) is 0 Å². The van der Waals surface area contributed by atoms with Crippen LogP contribution < -0.4 is 5.32 Å². The van der Waals surface area contributed by atoms with Gasteiger partial charge in [0, 0.05) is 10.0 Å². The first-order chi connectivity index (χ1) is 10.9. The number of Topliss-reactive ketones (excluding diaryl/α,β-unsaturated/α-hetero) is 1. The van der Waals surface area contributed by atoms with Crippen LogP contribution in [0, 0.1) is 5.92 Å². The zero-order valence-electron chi connectivity index (χ0n) is 13.2. The molecule has 0 saturated carbocycles. The fraction of sp³-hybridized carbons (Fsp3) is 0.400. The molecule has 0 fully saturated rings. The molecule has 0 spiro atoms. The van der Waals surface area contributed by atoms with E-state index in [-0.39, 0.29) is 24.2 Å². The average molecular weight is 380 g/mol. The van der Waals surface area contributed by atoms with E-state index in [1.54, 1.807) is 0 Å². The Kier molecular flexibility index (Phi) is 5.59. The van der Waals surface area contributed by atoms with Gasteiger partial charge < -0.3 is 5.32 Å². The van der Waals surface area contributed by atoms with Gasteiger partial charge in [0.05, 0.1) is 6.04 Å². The second-order valence-corrected chi connectivity index (χ2v) is 6.47. The van der Waals surface area contributed by atoms with E-state index < -0.39 is 6.04 Å². The first-order valence-electron chi connectivity index (χ1n) is 7.20. The summed E-state index contributed by atoms with van der Waals surface area (Å²) in [6, 6.07) is 6.97. The van der Waals surface area contributed by atoms with Crippen LogP contribution in [0.4, 0.5) is 0 Å². The van der Waals surface area contributed by atoms with Crippen molar-refractivity contribution in [2.24, 2.45) is 5.92 Å². The van der Waals surface area contributed by atoms with Gasteiger partial charge in [-0.15, -0.1) is 10.2 Å². The summed E-state index contributed by atoms with van der Waals surface area (Å²) in [7, 11) is 0. The average Bonchev–Trinajstić information content (AvgIpc) is 2.93. The van der Waals surface area contributed by atoms with Gasteiger partial charge in [-0.2, -0.15) is 4.80 Å². The molecule has 1 atom stereocenters. The molecule has 0 bridgehead atoms. The van der Waals surface area contributed by atoms with E-state index in [0.717, 1.165) is 10.0 Å². The van der Waals surface area contributed by atoms with Crippen molar-refractivity contribution in [2.45, 2.75) is 33.4 Å². The first kappa shape index (κ1) is 17.3. The van der Waals surface area contributed by atoms with Crippen molar-refractivity contribution in [1.82, 2.24) is 25.5 Å². The number of aromatic nitrogens is 4. The topological polar surface area (TPSA) is 89.8 Å². The van der Waals surface area contributed by atoms with Crippen LogP contribution in [0.3, 0.4) is 0 Å². The molecular formula is C15H18BrN5O2. The van der Waals surface area contributed by atoms with Gasteiger partial charge in [-0.05, 0) is 42.3 Å². The highest BCUT2D eigenvalue weighted by Crippen LogP contribution is 2.17. The summed E-state index contributed by atoms with van der Waals surface area (Å²) in [6.45, 7) is 5.14. The Morgan fingerprint density at radius 3 is 2.48 bits per heavy atom. The molecule has 0 aliphatic rings. The van der Waals surface area contributed by atoms with Crippen LogP contribution in [-0.2, 0) is 16.1 Å². The maximum absolute atomic E-state index is 12.0. The third-order valence-corrected chi connectivity index (χ3v) is 3.79. The number of carbonyl (C=O) groups is 2. The van der Waals surface area contributed by atoms with Crippen LogP contribution in [0.15, 0.2) is 28.7 Å². The van der Waals surface area contributed by atoms with Gasteiger partial charge in [0.15, 0.2) is 5.78 Å². The van der Waals surface area contributed by atoms with Crippen LogP contribution in [0.25, 0.3) is 11.4 Å². The first-order valence-corrected chi connectivity index (χ1v) is 7.99. The lowest BCUT2D eigenvalue weighted by Gasteiger charge is -2.19. The molecule has 122 valence electrons. The van der Waals surface area contributed by atoms with E-state index in [2.05, 4.69) is 36.7 Å². The number of ketones is 1. The Bertz CT molecular complexity index is 696. The summed E-state index contributed by atoms with van der Waals surface area (Å²) in [6.07, 6.45) is 0. The van der Waals surface area contributed by atoms with Crippen molar-refractivity contribution in [3.05, 3.63) is 28.7 Å². The second kappa shape index (κ2) is 7.45. The summed E-state index contributed by atoms with van der Waals surface area (Å²) in [4.78, 5) is 24.8. The summed E-state index contributed by atoms with van der Waals surface area (Å²) in [5, 5.41) is 14.7. The van der Waals surface area contributed by atoms with Gasteiger partial charge >= 0.3 is 0 Å². The standard InChI is InChI=1S/C15H18BrN5O2/c1-9(2)14(10(3)22)17-13(23)8-21-19-15(18-20-21)11-4-6-12(16)7-5-11/h4-7,9,14H,8H2,1-3H3,(H,17,23)/t14-/m0/s1. The predicted octanol–water partition coefficient (Wildman–Crippen LogP) is 1.83. The highest BCUT2D eigenvalue weighted by molar-refractivity contribution is 9.10. The molecule has 2 aromatic rings. The quantitative estimate of drug-likeness (QED) is 0.826. The molecule has 1 N–H and O–H groups in total. The summed E-state index contributed by atoms with van der Waals surface area (Å²) >= 11 is 3.36. The number of carbonyl (C=O) groups excluding carboxylic acids is 2. The number of hydrogen-bond donors (Lipinski definition) is 1. The van der Waals surface area contributed by atoms with E-state index in [0.29, 0.717) is 5.82 Å². The predicted molar refractivity (Wildman–Crippen MR) is 88.4 cm³/mol. The van der Waals surface area contributed by atoms with E-state index in [1.807, 2.05) is 38.1 Å². The maximum Gasteiger partial charge on any atom is 0.244 e. The maximum atomic E-state index is 12.0. The van der Waals surface area contributed by atoms with Crippen molar-refractivity contribution in [2.75, 3.05) is 0 Å². The van der Waals surface area contributed by atoms with E-state index >= 15 is 0 Å². The third-order valence-electron chi connectivity index (χ3n) is 3.26. The summed E-state index contributed by atoms with van der Waals surface area (Å²) in [5.74, 6) is 0.0740. The molecule has 0 aliphatic heterocycles. The SMILES string of the molecule is CC(=O)[C@@H](NC(=O)Cn1nnc(-c2ccc(Br)cc2)n1)C(C)C. The van der Waals surface area contributed by atoms with Gasteiger partial charge in [0.25, 0.3) is 0 Å². The largest absolute Gasteiger partial charge is 0.344 e. The zero-order valence-corrected chi connectivity index (χ0v) is 14.7. The number of tetrazole rings is 1. The number of rotatable bonds is 6. The molecule has 1 aromatic heterocycles. The number of halogens is 1. The van der Waals surface area contributed by atoms with E-state index in [1.165, 1.54) is 11.7 Å². The van der Waals surface area contributed by atoms with Gasteiger partial charge in [0.2, 0.25) is 11.7 Å². The lowest BCUT2D eigenvalue weighted by molar-refractivity contribution is -0.128. The minimum atomic E-state index is -0.503. The fourth-order valence-corrected chi connectivity index (χ4v) is 2.37. The minimum absolute atomic E-state index is 0.0264. The molecule has 8 heteroatoms. The molecule has 0 radical (unpaired) electrons. The van der Waals surface area contributed by atoms with Gasteiger partial charge in [-0.25, -0.2) is 0 Å². The Balaban J connectivity index is 2.02. The van der Waals surface area contributed by atoms with E-state index in [9.17, 15) is 9.59 Å².